The lowest BCUT2D eigenvalue weighted by Crippen LogP contribution is -2.50. The number of aromatic nitrogens is 2. The van der Waals surface area contributed by atoms with E-state index >= 15 is 0 Å². The van der Waals surface area contributed by atoms with Crippen molar-refractivity contribution in [2.75, 3.05) is 36.4 Å². The second kappa shape index (κ2) is 7.00. The summed E-state index contributed by atoms with van der Waals surface area (Å²) in [5.41, 5.74) is 3.55. The van der Waals surface area contributed by atoms with E-state index in [2.05, 4.69) is 15.2 Å². The number of nitrogens with one attached hydrogen (secondary N) is 1. The van der Waals surface area contributed by atoms with Crippen LogP contribution in [0.3, 0.4) is 0 Å². The van der Waals surface area contributed by atoms with E-state index in [4.69, 9.17) is 4.98 Å². The van der Waals surface area contributed by atoms with Crippen LogP contribution in [-0.4, -0.2) is 47.1 Å². The molecule has 0 atom stereocenters. The lowest BCUT2D eigenvalue weighted by Gasteiger charge is -2.35. The van der Waals surface area contributed by atoms with E-state index in [0.29, 0.717) is 13.1 Å². The minimum absolute atomic E-state index is 0.0582. The molecular weight excluding hydrogens is 326 g/mol. The van der Waals surface area contributed by atoms with Gasteiger partial charge >= 0.3 is 6.03 Å². The first-order valence-corrected chi connectivity index (χ1v) is 8.80. The molecule has 6 heteroatoms. The summed E-state index contributed by atoms with van der Waals surface area (Å²) in [7, 11) is 0. The van der Waals surface area contributed by atoms with Gasteiger partial charge in [0.2, 0.25) is 0 Å². The van der Waals surface area contributed by atoms with Gasteiger partial charge in [-0.2, -0.15) is 0 Å². The van der Waals surface area contributed by atoms with Crippen LogP contribution >= 0.6 is 0 Å². The molecule has 0 radical (unpaired) electrons. The van der Waals surface area contributed by atoms with Crippen molar-refractivity contribution < 1.29 is 4.79 Å². The minimum Gasteiger partial charge on any atom is -0.352 e. The number of nitrogens with zero attached hydrogens (tertiary/aromatic N) is 4. The molecule has 1 aliphatic heterocycles. The molecule has 0 saturated carbocycles. The van der Waals surface area contributed by atoms with Crippen LogP contribution in [0.25, 0.3) is 11.0 Å². The molecule has 6 nitrogen and oxygen atoms in total. The number of urea groups is 1. The summed E-state index contributed by atoms with van der Waals surface area (Å²) in [4.78, 5) is 25.9. The smallest absolute Gasteiger partial charge is 0.321 e. The number of rotatable bonds is 2. The first-order valence-electron chi connectivity index (χ1n) is 8.80. The van der Waals surface area contributed by atoms with Crippen molar-refractivity contribution in [3.8, 4) is 0 Å². The largest absolute Gasteiger partial charge is 0.352 e. The number of piperazine rings is 1. The first kappa shape index (κ1) is 16.3. The molecule has 2 amide bonds. The van der Waals surface area contributed by atoms with Crippen LogP contribution in [0.2, 0.25) is 0 Å². The molecule has 1 saturated heterocycles. The summed E-state index contributed by atoms with van der Waals surface area (Å²) in [6.07, 6.45) is 0. The van der Waals surface area contributed by atoms with E-state index in [1.807, 2.05) is 66.4 Å². The Hall–Kier alpha value is -3.15. The quantitative estimate of drug-likeness (QED) is 0.773. The number of para-hydroxylation sites is 3. The number of carbonyl (C=O) groups is 1. The predicted octanol–water partition coefficient (Wildman–Crippen LogP) is 3.29. The van der Waals surface area contributed by atoms with Gasteiger partial charge in [-0.05, 0) is 31.2 Å². The van der Waals surface area contributed by atoms with Gasteiger partial charge in [-0.1, -0.05) is 30.3 Å². The van der Waals surface area contributed by atoms with E-state index in [-0.39, 0.29) is 6.03 Å². The molecule has 4 rings (SSSR count). The maximum Gasteiger partial charge on any atom is 0.321 e. The third kappa shape index (κ3) is 3.31. The highest BCUT2D eigenvalue weighted by atomic mass is 16.2. The van der Waals surface area contributed by atoms with Gasteiger partial charge in [-0.15, -0.1) is 0 Å². The molecule has 0 unspecified atom stereocenters. The fraction of sp³-hybridized carbons (Fsp3) is 0.250. The number of amides is 2. The molecule has 26 heavy (non-hydrogen) atoms. The topological polar surface area (TPSA) is 61.4 Å². The molecule has 1 aliphatic rings. The summed E-state index contributed by atoms with van der Waals surface area (Å²) < 4.78 is 0. The van der Waals surface area contributed by atoms with Crippen molar-refractivity contribution >= 4 is 28.6 Å². The average Bonchev–Trinajstić information content (AvgIpc) is 2.68. The molecule has 132 valence electrons. The molecule has 1 fully saturated rings. The molecule has 2 aromatic carbocycles. The number of fused-ring (bicyclic) bond motifs is 1. The SMILES string of the molecule is Cc1nc2ccccc2nc1N1CCN(C(=O)Nc2ccccc2)CC1. The molecule has 1 aromatic heterocycles. The van der Waals surface area contributed by atoms with Gasteiger partial charge in [0.25, 0.3) is 0 Å². The number of aryl methyl sites for hydroxylation is 1. The summed E-state index contributed by atoms with van der Waals surface area (Å²) in [6, 6.07) is 17.4. The monoisotopic (exact) mass is 347 g/mol. The van der Waals surface area contributed by atoms with Crippen molar-refractivity contribution in [2.24, 2.45) is 0 Å². The van der Waals surface area contributed by atoms with E-state index in [1.54, 1.807) is 0 Å². The minimum atomic E-state index is -0.0582. The standard InChI is InChI=1S/C20H21N5O/c1-15-19(23-18-10-6-5-9-17(18)21-15)24-11-13-25(14-12-24)20(26)22-16-7-3-2-4-8-16/h2-10H,11-14H2,1H3,(H,22,26). The van der Waals surface area contributed by atoms with Crippen molar-refractivity contribution in [1.82, 2.24) is 14.9 Å². The maximum atomic E-state index is 12.4. The molecule has 2 heterocycles. The zero-order valence-electron chi connectivity index (χ0n) is 14.7. The van der Waals surface area contributed by atoms with E-state index in [9.17, 15) is 4.79 Å². The zero-order chi connectivity index (χ0) is 17.9. The van der Waals surface area contributed by atoms with Gasteiger partial charge in [-0.25, -0.2) is 14.8 Å². The van der Waals surface area contributed by atoms with Crippen LogP contribution in [0.1, 0.15) is 5.69 Å². The van der Waals surface area contributed by atoms with Crippen molar-refractivity contribution in [1.29, 1.82) is 0 Å². The predicted molar refractivity (Wildman–Crippen MR) is 104 cm³/mol. The molecule has 0 aliphatic carbocycles. The highest BCUT2D eigenvalue weighted by molar-refractivity contribution is 5.89. The van der Waals surface area contributed by atoms with Crippen molar-refractivity contribution in [3.63, 3.8) is 0 Å². The van der Waals surface area contributed by atoms with Crippen LogP contribution < -0.4 is 10.2 Å². The highest BCUT2D eigenvalue weighted by Gasteiger charge is 2.23. The van der Waals surface area contributed by atoms with Gasteiger partial charge in [0, 0.05) is 31.9 Å². The van der Waals surface area contributed by atoms with E-state index in [0.717, 1.165) is 41.3 Å². The fourth-order valence-electron chi connectivity index (χ4n) is 3.22. The number of anilines is 2. The second-order valence-corrected chi connectivity index (χ2v) is 6.39. The fourth-order valence-corrected chi connectivity index (χ4v) is 3.22. The summed E-state index contributed by atoms with van der Waals surface area (Å²) in [5, 5.41) is 2.94. The maximum absolute atomic E-state index is 12.4. The van der Waals surface area contributed by atoms with Crippen molar-refractivity contribution in [3.05, 3.63) is 60.3 Å². The van der Waals surface area contributed by atoms with Gasteiger partial charge < -0.3 is 15.1 Å². The lowest BCUT2D eigenvalue weighted by molar-refractivity contribution is 0.208. The third-order valence-electron chi connectivity index (χ3n) is 4.61. The van der Waals surface area contributed by atoms with E-state index < -0.39 is 0 Å². The van der Waals surface area contributed by atoms with Gasteiger partial charge in [-0.3, -0.25) is 0 Å². The van der Waals surface area contributed by atoms with Crippen LogP contribution in [0.4, 0.5) is 16.3 Å². The Morgan fingerprint density at radius 3 is 2.19 bits per heavy atom. The third-order valence-corrected chi connectivity index (χ3v) is 4.61. The van der Waals surface area contributed by atoms with Gasteiger partial charge in [0.1, 0.15) is 0 Å². The number of carbonyl (C=O) groups excluding carboxylic acids is 1. The summed E-state index contributed by atoms with van der Waals surface area (Å²) >= 11 is 0. The number of hydrogen-bond acceptors (Lipinski definition) is 4. The zero-order valence-corrected chi connectivity index (χ0v) is 14.7. The Kier molecular flexibility index (Phi) is 4.39. The normalized spacial score (nSPS) is 14.5. The van der Waals surface area contributed by atoms with Crippen LogP contribution in [-0.2, 0) is 0 Å². The Balaban J connectivity index is 1.43. The average molecular weight is 347 g/mol. The van der Waals surface area contributed by atoms with Crippen LogP contribution in [0, 0.1) is 6.92 Å². The molecule has 0 spiro atoms. The van der Waals surface area contributed by atoms with E-state index in [1.165, 1.54) is 0 Å². The summed E-state index contributed by atoms with van der Waals surface area (Å²) in [6.45, 7) is 4.80. The lowest BCUT2D eigenvalue weighted by atomic mass is 10.2. The Morgan fingerprint density at radius 2 is 1.50 bits per heavy atom. The Bertz CT molecular complexity index is 920. The van der Waals surface area contributed by atoms with Crippen LogP contribution in [0.5, 0.6) is 0 Å². The second-order valence-electron chi connectivity index (χ2n) is 6.39. The number of benzene rings is 2. The first-order chi connectivity index (χ1) is 12.7. The van der Waals surface area contributed by atoms with Gasteiger partial charge in [0.15, 0.2) is 5.82 Å². The molecular formula is C20H21N5O. The summed E-state index contributed by atoms with van der Waals surface area (Å²) in [5.74, 6) is 0.909. The molecule has 1 N–H and O–H groups in total. The Labute approximate surface area is 152 Å². The van der Waals surface area contributed by atoms with Crippen LogP contribution in [0.15, 0.2) is 54.6 Å². The molecule has 0 bridgehead atoms. The Morgan fingerprint density at radius 1 is 0.885 bits per heavy atom. The molecule has 3 aromatic rings. The van der Waals surface area contributed by atoms with Crippen molar-refractivity contribution in [2.45, 2.75) is 6.92 Å². The van der Waals surface area contributed by atoms with Gasteiger partial charge in [0.05, 0.1) is 16.7 Å². The number of hydrogen-bond donors (Lipinski definition) is 1. The highest BCUT2D eigenvalue weighted by Crippen LogP contribution is 2.21.